The van der Waals surface area contributed by atoms with E-state index >= 15 is 0 Å². The molecule has 0 saturated carbocycles. The van der Waals surface area contributed by atoms with E-state index in [1.165, 1.54) is 10.8 Å². The molecule has 0 saturated heterocycles. The molecule has 0 aliphatic heterocycles. The summed E-state index contributed by atoms with van der Waals surface area (Å²) in [5.74, 6) is 0.240. The zero-order valence-corrected chi connectivity index (χ0v) is 18.5. The van der Waals surface area contributed by atoms with Gasteiger partial charge in [0.05, 0.1) is 0 Å². The molecule has 31 heavy (non-hydrogen) atoms. The molecular formula is C29H21BrO. The average molecular weight is 465 g/mol. The van der Waals surface area contributed by atoms with Gasteiger partial charge in [-0.1, -0.05) is 107 Å². The van der Waals surface area contributed by atoms with Crippen molar-refractivity contribution in [1.82, 2.24) is 0 Å². The fraction of sp³-hybridized carbons (Fsp3) is 0.0345. The van der Waals surface area contributed by atoms with Crippen LogP contribution in [0.2, 0.25) is 0 Å². The van der Waals surface area contributed by atoms with Gasteiger partial charge >= 0.3 is 0 Å². The van der Waals surface area contributed by atoms with Gasteiger partial charge in [0, 0.05) is 16.0 Å². The van der Waals surface area contributed by atoms with E-state index in [-0.39, 0.29) is 5.92 Å². The molecule has 1 nitrogen and oxygen atoms in total. The number of hydrogen-bond acceptors (Lipinski definition) is 1. The molecule has 0 radical (unpaired) electrons. The highest BCUT2D eigenvalue weighted by atomic mass is 79.9. The quantitative estimate of drug-likeness (QED) is 0.283. The van der Waals surface area contributed by atoms with Crippen LogP contribution in [0.5, 0.6) is 5.75 Å². The number of aromatic hydroxyl groups is 1. The number of fused-ring (bicyclic) bond motifs is 2. The Morgan fingerprint density at radius 1 is 0.677 bits per heavy atom. The number of hydrogen-bond donors (Lipinski definition) is 1. The maximum absolute atomic E-state index is 10.9. The van der Waals surface area contributed by atoms with Gasteiger partial charge in [-0.25, -0.2) is 0 Å². The number of benzene rings is 5. The number of phenolic OH excluding ortho intramolecular Hbond substituents is 1. The smallest absolute Gasteiger partial charge is 0.120 e. The normalized spacial score (nSPS) is 12.5. The van der Waals surface area contributed by atoms with Crippen molar-refractivity contribution >= 4 is 43.6 Å². The van der Waals surface area contributed by atoms with Gasteiger partial charge in [-0.05, 0) is 56.9 Å². The van der Waals surface area contributed by atoms with Gasteiger partial charge in [0.25, 0.3) is 0 Å². The molecule has 5 rings (SSSR count). The van der Waals surface area contributed by atoms with E-state index in [0.29, 0.717) is 5.75 Å². The zero-order valence-electron chi connectivity index (χ0n) is 16.9. The second-order valence-electron chi connectivity index (χ2n) is 7.72. The van der Waals surface area contributed by atoms with E-state index in [9.17, 15) is 5.11 Å². The summed E-state index contributed by atoms with van der Waals surface area (Å²) in [6, 6.07) is 35.2. The first-order valence-electron chi connectivity index (χ1n) is 10.3. The van der Waals surface area contributed by atoms with Crippen LogP contribution in [-0.2, 0) is 0 Å². The molecule has 150 valence electrons. The molecule has 0 spiro atoms. The second kappa shape index (κ2) is 8.41. The van der Waals surface area contributed by atoms with Crippen LogP contribution < -0.4 is 0 Å². The summed E-state index contributed by atoms with van der Waals surface area (Å²) in [6.45, 7) is 0. The molecule has 0 aliphatic carbocycles. The maximum Gasteiger partial charge on any atom is 0.120 e. The van der Waals surface area contributed by atoms with Crippen molar-refractivity contribution in [2.45, 2.75) is 5.92 Å². The molecule has 0 aliphatic rings. The molecule has 1 N–H and O–H groups in total. The van der Waals surface area contributed by atoms with Crippen molar-refractivity contribution in [2.75, 3.05) is 0 Å². The van der Waals surface area contributed by atoms with Crippen LogP contribution in [0.15, 0.2) is 114 Å². The molecule has 5 aromatic carbocycles. The van der Waals surface area contributed by atoms with Gasteiger partial charge in [0.2, 0.25) is 0 Å². The summed E-state index contributed by atoms with van der Waals surface area (Å²) in [5.41, 5.74) is 3.21. The Kier molecular flexibility index (Phi) is 5.31. The minimum atomic E-state index is -0.0717. The van der Waals surface area contributed by atoms with E-state index < -0.39 is 0 Å². The SMILES string of the molecule is Oc1ccc2cc(Br)ccc2c1C(/C=C/c1ccc2ccccc2c1)c1ccccc1. The lowest BCUT2D eigenvalue weighted by atomic mass is 9.86. The Morgan fingerprint density at radius 2 is 1.42 bits per heavy atom. The number of rotatable bonds is 4. The van der Waals surface area contributed by atoms with Gasteiger partial charge < -0.3 is 5.11 Å². The molecule has 2 heteroatoms. The van der Waals surface area contributed by atoms with E-state index in [2.05, 4.69) is 94.8 Å². The second-order valence-corrected chi connectivity index (χ2v) is 8.63. The van der Waals surface area contributed by atoms with E-state index in [0.717, 1.165) is 31.9 Å². The van der Waals surface area contributed by atoms with Crippen molar-refractivity contribution in [3.63, 3.8) is 0 Å². The van der Waals surface area contributed by atoms with Crippen molar-refractivity contribution in [3.8, 4) is 5.75 Å². The Labute approximate surface area is 190 Å². The predicted molar refractivity (Wildman–Crippen MR) is 135 cm³/mol. The van der Waals surface area contributed by atoms with E-state index in [1.807, 2.05) is 30.3 Å². The highest BCUT2D eigenvalue weighted by Crippen LogP contribution is 2.39. The standard InChI is InChI=1S/C29H21BrO/c30-25-14-16-27-24(19-25)13-17-28(31)29(27)26(22-7-2-1-3-8-22)15-11-20-10-12-21-6-4-5-9-23(21)18-20/h1-19,26,31H/b15-11+. The lowest BCUT2D eigenvalue weighted by molar-refractivity contribution is 0.469. The van der Waals surface area contributed by atoms with Crippen molar-refractivity contribution in [1.29, 1.82) is 0 Å². The average Bonchev–Trinajstić information content (AvgIpc) is 2.81. The van der Waals surface area contributed by atoms with Crippen molar-refractivity contribution in [2.24, 2.45) is 0 Å². The third-order valence-corrected chi connectivity index (χ3v) is 6.22. The predicted octanol–water partition coefficient (Wildman–Crippen LogP) is 8.31. The Balaban J connectivity index is 1.66. The lowest BCUT2D eigenvalue weighted by Crippen LogP contribution is -2.00. The van der Waals surface area contributed by atoms with Gasteiger partial charge in [-0.2, -0.15) is 0 Å². The van der Waals surface area contributed by atoms with Crippen LogP contribution in [0.1, 0.15) is 22.6 Å². The van der Waals surface area contributed by atoms with Crippen LogP contribution >= 0.6 is 15.9 Å². The monoisotopic (exact) mass is 464 g/mol. The highest BCUT2D eigenvalue weighted by molar-refractivity contribution is 9.10. The van der Waals surface area contributed by atoms with Gasteiger partial charge in [0.15, 0.2) is 0 Å². The Morgan fingerprint density at radius 3 is 2.26 bits per heavy atom. The highest BCUT2D eigenvalue weighted by Gasteiger charge is 2.18. The number of halogens is 1. The molecule has 5 aromatic rings. The van der Waals surface area contributed by atoms with Crippen molar-refractivity contribution in [3.05, 3.63) is 130 Å². The molecule has 0 heterocycles. The first-order valence-corrected chi connectivity index (χ1v) is 11.1. The van der Waals surface area contributed by atoms with Crippen LogP contribution in [0, 0.1) is 0 Å². The Hall–Kier alpha value is -3.36. The van der Waals surface area contributed by atoms with Gasteiger partial charge in [-0.3, -0.25) is 0 Å². The number of phenols is 1. The maximum atomic E-state index is 10.9. The van der Waals surface area contributed by atoms with Crippen LogP contribution in [-0.4, -0.2) is 5.11 Å². The largest absolute Gasteiger partial charge is 0.508 e. The third-order valence-electron chi connectivity index (χ3n) is 5.72. The van der Waals surface area contributed by atoms with Gasteiger partial charge in [-0.15, -0.1) is 0 Å². The number of allylic oxidation sites excluding steroid dienone is 1. The molecule has 0 aromatic heterocycles. The topological polar surface area (TPSA) is 20.2 Å². The minimum Gasteiger partial charge on any atom is -0.508 e. The Bertz CT molecular complexity index is 1400. The van der Waals surface area contributed by atoms with E-state index in [1.54, 1.807) is 6.07 Å². The molecule has 0 fully saturated rings. The summed E-state index contributed by atoms with van der Waals surface area (Å²) in [7, 11) is 0. The zero-order chi connectivity index (χ0) is 21.2. The molecule has 0 bridgehead atoms. The van der Waals surface area contributed by atoms with Crippen LogP contribution in [0.25, 0.3) is 27.6 Å². The third kappa shape index (κ3) is 3.99. The molecule has 1 unspecified atom stereocenters. The summed E-state index contributed by atoms with van der Waals surface area (Å²) in [5, 5.41) is 15.5. The van der Waals surface area contributed by atoms with Gasteiger partial charge in [0.1, 0.15) is 5.75 Å². The fourth-order valence-electron chi connectivity index (χ4n) is 4.19. The minimum absolute atomic E-state index is 0.0717. The lowest BCUT2D eigenvalue weighted by Gasteiger charge is -2.18. The summed E-state index contributed by atoms with van der Waals surface area (Å²) in [4.78, 5) is 0. The molecule has 1 atom stereocenters. The fourth-order valence-corrected chi connectivity index (χ4v) is 4.57. The molecule has 0 amide bonds. The van der Waals surface area contributed by atoms with Crippen LogP contribution in [0.3, 0.4) is 0 Å². The van der Waals surface area contributed by atoms with Crippen molar-refractivity contribution < 1.29 is 5.11 Å². The summed E-state index contributed by atoms with van der Waals surface area (Å²) < 4.78 is 1.03. The molecular weight excluding hydrogens is 444 g/mol. The summed E-state index contributed by atoms with van der Waals surface area (Å²) >= 11 is 3.56. The van der Waals surface area contributed by atoms with E-state index in [4.69, 9.17) is 0 Å². The first kappa shape index (κ1) is 19.6. The summed E-state index contributed by atoms with van der Waals surface area (Å²) in [6.07, 6.45) is 4.34. The first-order chi connectivity index (χ1) is 15.2. The van der Waals surface area contributed by atoms with Crippen LogP contribution in [0.4, 0.5) is 0 Å².